The molecule has 0 amide bonds. The van der Waals surface area contributed by atoms with Gasteiger partial charge in [0.25, 0.3) is 0 Å². The fourth-order valence-corrected chi connectivity index (χ4v) is 6.64. The van der Waals surface area contributed by atoms with Crippen LogP contribution in [0.2, 0.25) is 0 Å². The maximum atomic E-state index is 10.6. The van der Waals surface area contributed by atoms with Crippen LogP contribution in [0.25, 0.3) is 0 Å². The summed E-state index contributed by atoms with van der Waals surface area (Å²) in [5.41, 5.74) is 2.06. The molecule has 23 heavy (non-hydrogen) atoms. The highest BCUT2D eigenvalue weighted by Gasteiger charge is 2.51. The van der Waals surface area contributed by atoms with Gasteiger partial charge in [-0.2, -0.15) is 0 Å². The predicted molar refractivity (Wildman–Crippen MR) is 93.9 cm³/mol. The van der Waals surface area contributed by atoms with Gasteiger partial charge in [0.1, 0.15) is 0 Å². The average molecular weight is 330 g/mol. The van der Waals surface area contributed by atoms with Crippen molar-refractivity contribution in [3.05, 3.63) is 29.8 Å². The summed E-state index contributed by atoms with van der Waals surface area (Å²) in [4.78, 5) is 11.8. The van der Waals surface area contributed by atoms with Crippen LogP contribution in [-0.4, -0.2) is 16.8 Å². The summed E-state index contributed by atoms with van der Waals surface area (Å²) in [5.74, 6) is 3.18. The Labute approximate surface area is 143 Å². The van der Waals surface area contributed by atoms with Gasteiger partial charge in [-0.15, -0.1) is 11.8 Å². The van der Waals surface area contributed by atoms with Gasteiger partial charge < -0.3 is 5.11 Å². The van der Waals surface area contributed by atoms with Crippen molar-refractivity contribution in [2.24, 2.45) is 17.8 Å². The number of hydrogen-bond acceptors (Lipinski definition) is 2. The van der Waals surface area contributed by atoms with Gasteiger partial charge >= 0.3 is 5.97 Å². The van der Waals surface area contributed by atoms with Crippen molar-refractivity contribution in [3.8, 4) is 0 Å². The van der Waals surface area contributed by atoms with E-state index in [9.17, 15) is 4.79 Å². The van der Waals surface area contributed by atoms with Crippen LogP contribution in [0.15, 0.2) is 29.2 Å². The molecule has 0 unspecified atom stereocenters. The number of thioether (sulfide) groups is 1. The Kier molecular flexibility index (Phi) is 4.17. The molecule has 0 atom stereocenters. The van der Waals surface area contributed by atoms with E-state index in [4.69, 9.17) is 5.11 Å². The largest absolute Gasteiger partial charge is 0.481 e. The van der Waals surface area contributed by atoms with E-state index in [2.05, 4.69) is 24.3 Å². The third kappa shape index (κ3) is 3.17. The van der Waals surface area contributed by atoms with Crippen LogP contribution in [0, 0.1) is 17.8 Å². The highest BCUT2D eigenvalue weighted by atomic mass is 32.2. The summed E-state index contributed by atoms with van der Waals surface area (Å²) in [6.07, 6.45) is 9.78. The molecular weight excluding hydrogens is 304 g/mol. The van der Waals surface area contributed by atoms with Crippen molar-refractivity contribution < 1.29 is 9.90 Å². The van der Waals surface area contributed by atoms with Crippen LogP contribution in [0.1, 0.15) is 56.9 Å². The molecule has 5 rings (SSSR count). The second-order valence-corrected chi connectivity index (χ2v) is 9.24. The second kappa shape index (κ2) is 6.16. The van der Waals surface area contributed by atoms with E-state index in [1.807, 2.05) is 0 Å². The van der Waals surface area contributed by atoms with Gasteiger partial charge in [-0.3, -0.25) is 4.79 Å². The van der Waals surface area contributed by atoms with Crippen molar-refractivity contribution in [1.29, 1.82) is 0 Å². The molecule has 1 N–H and O–H groups in total. The fraction of sp³-hybridized carbons (Fsp3) is 0.650. The quantitative estimate of drug-likeness (QED) is 0.581. The Balaban J connectivity index is 1.41. The lowest BCUT2D eigenvalue weighted by molar-refractivity contribution is -0.137. The Hall–Kier alpha value is -0.960. The summed E-state index contributed by atoms with van der Waals surface area (Å²) >= 11 is 1.78. The maximum Gasteiger partial charge on any atom is 0.303 e. The Morgan fingerprint density at radius 1 is 1.04 bits per heavy atom. The number of carboxylic acid groups (broad SMARTS) is 1. The smallest absolute Gasteiger partial charge is 0.303 e. The zero-order valence-electron chi connectivity index (χ0n) is 13.7. The number of hydrogen-bond donors (Lipinski definition) is 1. The van der Waals surface area contributed by atoms with Crippen molar-refractivity contribution in [2.75, 3.05) is 5.75 Å². The molecule has 3 heteroatoms. The Morgan fingerprint density at radius 3 is 2.13 bits per heavy atom. The van der Waals surface area contributed by atoms with Gasteiger partial charge in [0.05, 0.1) is 0 Å². The van der Waals surface area contributed by atoms with E-state index in [0.29, 0.717) is 5.41 Å². The Morgan fingerprint density at radius 2 is 1.61 bits per heavy atom. The molecule has 0 aromatic heterocycles. The van der Waals surface area contributed by atoms with Crippen LogP contribution >= 0.6 is 11.8 Å². The molecule has 0 aliphatic heterocycles. The van der Waals surface area contributed by atoms with E-state index < -0.39 is 5.97 Å². The summed E-state index contributed by atoms with van der Waals surface area (Å²) in [6.45, 7) is 0. The van der Waals surface area contributed by atoms with Crippen molar-refractivity contribution >= 4 is 17.7 Å². The van der Waals surface area contributed by atoms with Crippen molar-refractivity contribution in [1.82, 2.24) is 0 Å². The number of aliphatic carboxylic acids is 1. The zero-order chi connectivity index (χ0) is 15.9. The third-order valence-electron chi connectivity index (χ3n) is 6.31. The molecule has 2 nitrogen and oxygen atoms in total. The molecule has 0 spiro atoms. The van der Waals surface area contributed by atoms with E-state index in [1.165, 1.54) is 43.4 Å². The monoisotopic (exact) mass is 330 g/mol. The first-order chi connectivity index (χ1) is 11.1. The average Bonchev–Trinajstić information content (AvgIpc) is 2.51. The summed E-state index contributed by atoms with van der Waals surface area (Å²) in [6, 6.07) is 9.26. The van der Waals surface area contributed by atoms with E-state index >= 15 is 0 Å². The van der Waals surface area contributed by atoms with Gasteiger partial charge in [0.15, 0.2) is 0 Å². The number of benzene rings is 1. The minimum Gasteiger partial charge on any atom is -0.481 e. The molecule has 4 fully saturated rings. The Bertz CT molecular complexity index is 543. The number of carbonyl (C=O) groups is 1. The lowest BCUT2D eigenvalue weighted by Crippen LogP contribution is -2.48. The van der Waals surface area contributed by atoms with Crippen molar-refractivity contribution in [2.45, 2.75) is 61.7 Å². The van der Waals surface area contributed by atoms with Crippen LogP contribution in [0.3, 0.4) is 0 Å². The zero-order valence-corrected chi connectivity index (χ0v) is 14.5. The number of rotatable bonds is 6. The molecule has 1 aromatic carbocycles. The molecular formula is C20H26O2S. The van der Waals surface area contributed by atoms with Crippen LogP contribution < -0.4 is 0 Å². The molecule has 0 radical (unpaired) electrons. The highest BCUT2D eigenvalue weighted by molar-refractivity contribution is 7.99. The molecule has 0 heterocycles. The van der Waals surface area contributed by atoms with Crippen LogP contribution in [0.5, 0.6) is 0 Å². The maximum absolute atomic E-state index is 10.6. The van der Waals surface area contributed by atoms with Gasteiger partial charge in [-0.05, 0) is 91.6 Å². The molecule has 4 aliphatic carbocycles. The molecule has 4 saturated carbocycles. The summed E-state index contributed by atoms with van der Waals surface area (Å²) in [7, 11) is 0. The first-order valence-corrected chi connectivity index (χ1v) is 10.1. The van der Waals surface area contributed by atoms with Crippen LogP contribution in [-0.2, 0) is 10.2 Å². The fourth-order valence-electron chi connectivity index (χ4n) is 5.78. The van der Waals surface area contributed by atoms with E-state index in [-0.39, 0.29) is 6.42 Å². The van der Waals surface area contributed by atoms with Gasteiger partial charge in [0.2, 0.25) is 0 Å². The van der Waals surface area contributed by atoms with Gasteiger partial charge in [-0.1, -0.05) is 12.1 Å². The highest BCUT2D eigenvalue weighted by Crippen LogP contribution is 2.60. The minimum absolute atomic E-state index is 0.276. The molecule has 4 aliphatic rings. The first kappa shape index (κ1) is 15.6. The molecule has 4 bridgehead atoms. The first-order valence-electron chi connectivity index (χ1n) is 9.08. The van der Waals surface area contributed by atoms with Crippen molar-refractivity contribution in [3.63, 3.8) is 0 Å². The standard InChI is InChI=1S/C20H26O2S/c21-19(22)2-1-7-23-18-5-3-17(4-6-18)20-11-14-8-15(12-20)10-16(9-14)13-20/h3-6,14-16H,1-2,7-13H2,(H,21,22). The molecule has 124 valence electrons. The number of carboxylic acids is 1. The summed E-state index contributed by atoms with van der Waals surface area (Å²) in [5, 5.41) is 8.69. The lowest BCUT2D eigenvalue weighted by Gasteiger charge is -2.57. The van der Waals surface area contributed by atoms with E-state index in [1.54, 1.807) is 17.3 Å². The van der Waals surface area contributed by atoms with Crippen LogP contribution in [0.4, 0.5) is 0 Å². The summed E-state index contributed by atoms with van der Waals surface area (Å²) < 4.78 is 0. The van der Waals surface area contributed by atoms with Gasteiger partial charge in [0, 0.05) is 11.3 Å². The third-order valence-corrected chi connectivity index (χ3v) is 7.41. The predicted octanol–water partition coefficient (Wildman–Crippen LogP) is 5.11. The minimum atomic E-state index is -0.692. The molecule has 0 saturated heterocycles. The SMILES string of the molecule is O=C(O)CCCSc1ccc(C23CC4CC(CC(C4)C2)C3)cc1. The molecule has 1 aromatic rings. The normalized spacial score (nSPS) is 34.7. The van der Waals surface area contributed by atoms with E-state index in [0.717, 1.165) is 29.9 Å². The topological polar surface area (TPSA) is 37.3 Å². The second-order valence-electron chi connectivity index (χ2n) is 8.07. The lowest BCUT2D eigenvalue weighted by atomic mass is 9.48. The van der Waals surface area contributed by atoms with Gasteiger partial charge in [-0.25, -0.2) is 0 Å².